The van der Waals surface area contributed by atoms with Crippen LogP contribution < -0.4 is 0 Å². The van der Waals surface area contributed by atoms with Crippen LogP contribution in [-0.4, -0.2) is 24.2 Å². The third kappa shape index (κ3) is 2.37. The number of oxime groups is 1. The summed E-state index contributed by atoms with van der Waals surface area (Å²) in [6.45, 7) is 3.04. The van der Waals surface area contributed by atoms with Crippen molar-refractivity contribution < 1.29 is 30.9 Å². The normalized spacial score (nSPS) is 18.0. The van der Waals surface area contributed by atoms with Gasteiger partial charge in [-0.15, -0.1) is 0 Å². The first-order chi connectivity index (χ1) is 10.5. The minimum atomic E-state index is -5.16. The summed E-state index contributed by atoms with van der Waals surface area (Å²) in [5.41, 5.74) is -2.38. The third-order valence-electron chi connectivity index (χ3n) is 3.33. The molecule has 0 amide bonds. The van der Waals surface area contributed by atoms with Crippen molar-refractivity contribution in [2.45, 2.75) is 31.1 Å². The van der Waals surface area contributed by atoms with E-state index in [2.05, 4.69) is 14.8 Å². The largest absolute Gasteiger partial charge is 0.396 e. The molecule has 0 radical (unpaired) electrons. The molecular weight excluding hydrogens is 337 g/mol. The molecule has 1 aliphatic rings. The highest BCUT2D eigenvalue weighted by Crippen LogP contribution is 2.41. The van der Waals surface area contributed by atoms with Crippen LogP contribution in [0.15, 0.2) is 27.9 Å². The van der Waals surface area contributed by atoms with Crippen molar-refractivity contribution in [3.8, 4) is 0 Å². The molecule has 0 spiro atoms. The third-order valence-corrected chi connectivity index (χ3v) is 5.04. The molecule has 6 nitrogen and oxygen atoms in total. The molecule has 1 aliphatic heterocycles. The zero-order valence-electron chi connectivity index (χ0n) is 12.0. The van der Waals surface area contributed by atoms with Crippen molar-refractivity contribution in [2.75, 3.05) is 0 Å². The number of nitrogens with zero attached hydrogens (tertiary/aromatic N) is 2. The van der Waals surface area contributed by atoms with E-state index >= 15 is 0 Å². The molecule has 0 N–H and O–H groups in total. The number of sulfone groups is 1. The van der Waals surface area contributed by atoms with Crippen molar-refractivity contribution in [2.24, 2.45) is 5.16 Å². The van der Waals surface area contributed by atoms with Crippen molar-refractivity contribution in [1.29, 1.82) is 0 Å². The van der Waals surface area contributed by atoms with Crippen LogP contribution in [-0.2, 0) is 19.9 Å². The minimum absolute atomic E-state index is 0.278. The summed E-state index contributed by atoms with van der Waals surface area (Å²) in [5.74, 6) is -0.721. The number of halogens is 3. The summed E-state index contributed by atoms with van der Waals surface area (Å²) >= 11 is 0. The van der Waals surface area contributed by atoms with Gasteiger partial charge in [0, 0.05) is 12.5 Å². The maximum absolute atomic E-state index is 14.6. The monoisotopic (exact) mass is 348 g/mol. The lowest BCUT2D eigenvalue weighted by molar-refractivity contribution is 0.0123. The lowest BCUT2D eigenvalue weighted by atomic mass is 10.1. The maximum Gasteiger partial charge on any atom is 0.396 e. The molecule has 1 aromatic carbocycles. The summed E-state index contributed by atoms with van der Waals surface area (Å²) in [7, 11) is -5.16. The zero-order chi connectivity index (χ0) is 17.0. The first-order valence-corrected chi connectivity index (χ1v) is 7.96. The Kier molecular flexibility index (Phi) is 3.22. The molecule has 3 rings (SSSR count). The van der Waals surface area contributed by atoms with Gasteiger partial charge in [0.2, 0.25) is 0 Å². The Morgan fingerprint density at radius 3 is 2.61 bits per heavy atom. The van der Waals surface area contributed by atoms with Gasteiger partial charge in [-0.1, -0.05) is 10.3 Å². The van der Waals surface area contributed by atoms with Crippen molar-refractivity contribution in [3.63, 3.8) is 0 Å². The van der Waals surface area contributed by atoms with Crippen LogP contribution >= 0.6 is 0 Å². The number of benzene rings is 1. The molecule has 124 valence electrons. The standard InChI is InChI=1S/C13H11F3N2O4S/c1-12(2)6-10(17-22-12)23(19,20)13(15,16)11-8-4-3-7(14)5-9(8)21-18-11/h3-5H,6H2,1-2H3. The summed E-state index contributed by atoms with van der Waals surface area (Å²) in [6.07, 6.45) is -0.296. The van der Waals surface area contributed by atoms with Crippen LogP contribution in [0.1, 0.15) is 26.0 Å². The minimum Gasteiger partial charge on any atom is -0.389 e. The second-order valence-electron chi connectivity index (χ2n) is 5.70. The number of rotatable bonds is 2. The SMILES string of the molecule is CC1(C)CC(S(=O)(=O)C(F)(F)c2noc3cc(F)ccc23)=NO1. The molecule has 0 saturated heterocycles. The van der Waals surface area contributed by atoms with Crippen LogP contribution in [0.2, 0.25) is 0 Å². The highest BCUT2D eigenvalue weighted by Gasteiger charge is 2.55. The first kappa shape index (κ1) is 15.8. The Hall–Kier alpha value is -2.10. The van der Waals surface area contributed by atoms with E-state index < -0.39 is 37.2 Å². The van der Waals surface area contributed by atoms with Gasteiger partial charge in [0.1, 0.15) is 11.4 Å². The van der Waals surface area contributed by atoms with Gasteiger partial charge >= 0.3 is 5.25 Å². The topological polar surface area (TPSA) is 81.8 Å². The summed E-state index contributed by atoms with van der Waals surface area (Å²) in [5, 5.41) is 0.921. The van der Waals surface area contributed by atoms with Gasteiger partial charge in [-0.2, -0.15) is 8.78 Å². The predicted molar refractivity (Wildman–Crippen MR) is 74.0 cm³/mol. The van der Waals surface area contributed by atoms with Gasteiger partial charge in [-0.05, 0) is 26.0 Å². The second-order valence-corrected chi connectivity index (χ2v) is 7.70. The Balaban J connectivity index is 2.10. The van der Waals surface area contributed by atoms with Gasteiger partial charge in [0.05, 0.1) is 5.39 Å². The van der Waals surface area contributed by atoms with E-state index in [1.807, 2.05) is 0 Å². The van der Waals surface area contributed by atoms with E-state index in [9.17, 15) is 21.6 Å². The Bertz CT molecular complexity index is 918. The fourth-order valence-corrected chi connectivity index (χ4v) is 3.51. The second kappa shape index (κ2) is 4.70. The van der Waals surface area contributed by atoms with Crippen molar-refractivity contribution in [1.82, 2.24) is 5.16 Å². The molecule has 0 bridgehead atoms. The number of alkyl halides is 2. The molecule has 1 aromatic heterocycles. The quantitative estimate of drug-likeness (QED) is 0.833. The average Bonchev–Trinajstić information content (AvgIpc) is 3.01. The van der Waals surface area contributed by atoms with Crippen LogP contribution in [0.4, 0.5) is 13.2 Å². The molecule has 0 fully saturated rings. The van der Waals surface area contributed by atoms with Crippen LogP contribution in [0.25, 0.3) is 11.0 Å². The average molecular weight is 348 g/mol. The van der Waals surface area contributed by atoms with Crippen LogP contribution in [0, 0.1) is 5.82 Å². The fourth-order valence-electron chi connectivity index (χ4n) is 2.14. The molecular formula is C13H11F3N2O4S. The molecule has 10 heteroatoms. The predicted octanol–water partition coefficient (Wildman–Crippen LogP) is 2.94. The lowest BCUT2D eigenvalue weighted by Gasteiger charge is -2.16. The maximum atomic E-state index is 14.6. The van der Waals surface area contributed by atoms with Gasteiger partial charge in [-0.3, -0.25) is 0 Å². The van der Waals surface area contributed by atoms with Crippen molar-refractivity contribution in [3.05, 3.63) is 29.7 Å². The van der Waals surface area contributed by atoms with E-state index in [1.54, 1.807) is 0 Å². The number of hydrogen-bond donors (Lipinski definition) is 0. The van der Waals surface area contributed by atoms with E-state index in [0.717, 1.165) is 18.2 Å². The van der Waals surface area contributed by atoms with Crippen LogP contribution in [0.5, 0.6) is 0 Å². The van der Waals surface area contributed by atoms with Crippen LogP contribution in [0.3, 0.4) is 0 Å². The van der Waals surface area contributed by atoms with Gasteiger partial charge in [0.15, 0.2) is 16.3 Å². The van der Waals surface area contributed by atoms with E-state index in [-0.39, 0.29) is 17.4 Å². The van der Waals surface area contributed by atoms with E-state index in [4.69, 9.17) is 4.84 Å². The molecule has 2 aromatic rings. The van der Waals surface area contributed by atoms with Gasteiger partial charge in [-0.25, -0.2) is 12.8 Å². The number of aromatic nitrogens is 1. The zero-order valence-corrected chi connectivity index (χ0v) is 12.8. The highest BCUT2D eigenvalue weighted by atomic mass is 32.2. The fraction of sp³-hybridized carbons (Fsp3) is 0.385. The molecule has 0 aliphatic carbocycles. The Morgan fingerprint density at radius 2 is 2.00 bits per heavy atom. The Morgan fingerprint density at radius 1 is 1.30 bits per heavy atom. The number of fused-ring (bicyclic) bond motifs is 1. The first-order valence-electron chi connectivity index (χ1n) is 6.47. The summed E-state index contributed by atoms with van der Waals surface area (Å²) in [4.78, 5) is 4.84. The molecule has 2 heterocycles. The smallest absolute Gasteiger partial charge is 0.389 e. The lowest BCUT2D eigenvalue weighted by Crippen LogP contribution is -2.34. The molecule has 0 unspecified atom stereocenters. The van der Waals surface area contributed by atoms with Crippen molar-refractivity contribution >= 4 is 25.9 Å². The van der Waals surface area contributed by atoms with Gasteiger partial charge < -0.3 is 9.36 Å². The highest BCUT2D eigenvalue weighted by molar-refractivity contribution is 8.06. The molecule has 0 atom stereocenters. The Labute approximate surface area is 128 Å². The van der Waals surface area contributed by atoms with E-state index in [1.165, 1.54) is 13.8 Å². The number of hydrogen-bond acceptors (Lipinski definition) is 6. The van der Waals surface area contributed by atoms with E-state index in [0.29, 0.717) is 0 Å². The molecule has 0 saturated carbocycles. The summed E-state index contributed by atoms with van der Waals surface area (Å²) < 4.78 is 71.3. The molecule has 23 heavy (non-hydrogen) atoms. The van der Waals surface area contributed by atoms with Gasteiger partial charge in [0.25, 0.3) is 9.84 Å². The summed E-state index contributed by atoms with van der Waals surface area (Å²) in [6, 6.07) is 2.73.